The number of carbonyl (C=O) groups is 1. The molecule has 1 saturated heterocycles. The number of amidine groups is 1. The first-order valence-corrected chi connectivity index (χ1v) is 6.59. The fourth-order valence-electron chi connectivity index (χ4n) is 2.42. The molecule has 5 nitrogen and oxygen atoms in total. The van der Waals surface area contributed by atoms with Crippen molar-refractivity contribution in [3.8, 4) is 0 Å². The third-order valence-electron chi connectivity index (χ3n) is 3.43. The topological polar surface area (TPSA) is 82.2 Å². The Balaban J connectivity index is 2.16. The van der Waals surface area contributed by atoms with E-state index in [1.807, 2.05) is 24.0 Å². The van der Waals surface area contributed by atoms with E-state index in [-0.39, 0.29) is 11.9 Å². The monoisotopic (exact) mass is 260 g/mol. The fourth-order valence-corrected chi connectivity index (χ4v) is 2.42. The summed E-state index contributed by atoms with van der Waals surface area (Å²) in [6, 6.07) is 5.42. The first kappa shape index (κ1) is 13.4. The van der Waals surface area contributed by atoms with Crippen molar-refractivity contribution in [3.05, 3.63) is 29.3 Å². The number of hydrogen-bond donors (Lipinski definition) is 3. The van der Waals surface area contributed by atoms with Crippen LogP contribution in [0.4, 0.5) is 10.5 Å². The summed E-state index contributed by atoms with van der Waals surface area (Å²) in [5.41, 5.74) is 7.70. The summed E-state index contributed by atoms with van der Waals surface area (Å²) in [5.74, 6) is -0.0213. The van der Waals surface area contributed by atoms with E-state index in [1.54, 1.807) is 6.07 Å². The molecule has 4 N–H and O–H groups in total. The van der Waals surface area contributed by atoms with Gasteiger partial charge in [-0.3, -0.25) is 5.41 Å². The van der Waals surface area contributed by atoms with E-state index in [2.05, 4.69) is 5.32 Å². The van der Waals surface area contributed by atoms with E-state index in [4.69, 9.17) is 11.1 Å². The molecule has 102 valence electrons. The van der Waals surface area contributed by atoms with Crippen molar-refractivity contribution in [2.45, 2.75) is 26.2 Å². The molecule has 5 heteroatoms. The first-order chi connectivity index (χ1) is 9.09. The fraction of sp³-hybridized carbons (Fsp3) is 0.429. The van der Waals surface area contributed by atoms with Crippen molar-refractivity contribution >= 4 is 17.6 Å². The second kappa shape index (κ2) is 5.73. The molecule has 0 saturated carbocycles. The number of likely N-dealkylation sites (tertiary alicyclic amines) is 1. The number of anilines is 1. The van der Waals surface area contributed by atoms with Gasteiger partial charge < -0.3 is 16.0 Å². The van der Waals surface area contributed by atoms with Gasteiger partial charge in [0.2, 0.25) is 0 Å². The van der Waals surface area contributed by atoms with Crippen LogP contribution in [-0.4, -0.2) is 29.9 Å². The van der Waals surface area contributed by atoms with Crippen LogP contribution in [0.3, 0.4) is 0 Å². The maximum absolute atomic E-state index is 12.2. The standard InChI is InChI=1S/C14H20N4O/c1-10-6-5-7-11(12(10)13(15)16)17-14(19)18-8-3-2-4-9-18/h5-7H,2-4,8-9H2,1H3,(H3,15,16)(H,17,19). The number of urea groups is 1. The largest absolute Gasteiger partial charge is 0.384 e. The third kappa shape index (κ3) is 3.05. The first-order valence-electron chi connectivity index (χ1n) is 6.59. The summed E-state index contributed by atoms with van der Waals surface area (Å²) < 4.78 is 0. The number of nitrogens with zero attached hydrogens (tertiary/aromatic N) is 1. The zero-order valence-electron chi connectivity index (χ0n) is 11.2. The smallest absolute Gasteiger partial charge is 0.321 e. The van der Waals surface area contributed by atoms with Crippen molar-refractivity contribution in [1.82, 2.24) is 4.90 Å². The summed E-state index contributed by atoms with van der Waals surface area (Å²) in [6.45, 7) is 3.48. The molecule has 1 aliphatic rings. The molecule has 0 radical (unpaired) electrons. The van der Waals surface area contributed by atoms with Crippen LogP contribution in [-0.2, 0) is 0 Å². The van der Waals surface area contributed by atoms with Gasteiger partial charge in [-0.15, -0.1) is 0 Å². The molecule has 19 heavy (non-hydrogen) atoms. The number of nitrogens with two attached hydrogens (primary N) is 1. The van der Waals surface area contributed by atoms with Crippen molar-refractivity contribution < 1.29 is 4.79 Å². The average molecular weight is 260 g/mol. The molecule has 1 heterocycles. The number of rotatable bonds is 2. The van der Waals surface area contributed by atoms with Crippen LogP contribution >= 0.6 is 0 Å². The number of benzene rings is 1. The minimum absolute atomic E-state index is 0.0213. The number of carbonyl (C=O) groups excluding carboxylic acids is 1. The molecule has 0 atom stereocenters. The molecule has 2 rings (SSSR count). The van der Waals surface area contributed by atoms with E-state index in [9.17, 15) is 4.79 Å². The molecule has 0 spiro atoms. The lowest BCUT2D eigenvalue weighted by Gasteiger charge is -2.27. The Morgan fingerprint density at radius 2 is 2.00 bits per heavy atom. The molecular weight excluding hydrogens is 240 g/mol. The van der Waals surface area contributed by atoms with Crippen LogP contribution in [0.2, 0.25) is 0 Å². The molecular formula is C14H20N4O. The highest BCUT2D eigenvalue weighted by Crippen LogP contribution is 2.20. The second-order valence-corrected chi connectivity index (χ2v) is 4.89. The van der Waals surface area contributed by atoms with Gasteiger partial charge >= 0.3 is 6.03 Å². The molecule has 1 fully saturated rings. The van der Waals surface area contributed by atoms with Crippen molar-refractivity contribution in [3.63, 3.8) is 0 Å². The Morgan fingerprint density at radius 3 is 2.63 bits per heavy atom. The quantitative estimate of drug-likeness (QED) is 0.563. The van der Waals surface area contributed by atoms with E-state index in [1.165, 1.54) is 6.42 Å². The molecule has 0 bridgehead atoms. The molecule has 1 aromatic rings. The summed E-state index contributed by atoms with van der Waals surface area (Å²) in [4.78, 5) is 14.0. The van der Waals surface area contributed by atoms with Gasteiger partial charge in [-0.25, -0.2) is 4.79 Å². The lowest BCUT2D eigenvalue weighted by molar-refractivity contribution is 0.200. The van der Waals surface area contributed by atoms with Gasteiger partial charge in [-0.05, 0) is 37.8 Å². The van der Waals surface area contributed by atoms with Gasteiger partial charge in [0.1, 0.15) is 5.84 Å². The van der Waals surface area contributed by atoms with Crippen molar-refractivity contribution in [1.29, 1.82) is 5.41 Å². The lowest BCUT2D eigenvalue weighted by atomic mass is 10.1. The van der Waals surface area contributed by atoms with Crippen LogP contribution in [0.1, 0.15) is 30.4 Å². The van der Waals surface area contributed by atoms with Crippen LogP contribution in [0.15, 0.2) is 18.2 Å². The van der Waals surface area contributed by atoms with Crippen molar-refractivity contribution in [2.75, 3.05) is 18.4 Å². The Hall–Kier alpha value is -2.04. The number of hydrogen-bond acceptors (Lipinski definition) is 2. The Morgan fingerprint density at radius 1 is 1.32 bits per heavy atom. The van der Waals surface area contributed by atoms with Crippen LogP contribution in [0, 0.1) is 12.3 Å². The average Bonchev–Trinajstić information content (AvgIpc) is 2.39. The Labute approximate surface area is 113 Å². The van der Waals surface area contributed by atoms with Crippen LogP contribution in [0.25, 0.3) is 0 Å². The van der Waals surface area contributed by atoms with Gasteiger partial charge in [-0.2, -0.15) is 0 Å². The van der Waals surface area contributed by atoms with E-state index in [0.29, 0.717) is 11.3 Å². The number of amides is 2. The predicted octanol–water partition coefficient (Wildman–Crippen LogP) is 2.30. The molecule has 2 amide bonds. The van der Waals surface area contributed by atoms with Gasteiger partial charge in [0, 0.05) is 18.7 Å². The highest BCUT2D eigenvalue weighted by molar-refractivity contribution is 6.05. The molecule has 0 aromatic heterocycles. The van der Waals surface area contributed by atoms with Gasteiger partial charge in [-0.1, -0.05) is 12.1 Å². The van der Waals surface area contributed by atoms with Gasteiger partial charge in [0.15, 0.2) is 0 Å². The maximum Gasteiger partial charge on any atom is 0.321 e. The van der Waals surface area contributed by atoms with Crippen LogP contribution in [0.5, 0.6) is 0 Å². The molecule has 1 aromatic carbocycles. The van der Waals surface area contributed by atoms with Gasteiger partial charge in [0.05, 0.1) is 5.69 Å². The highest BCUT2D eigenvalue weighted by atomic mass is 16.2. The number of aryl methyl sites for hydroxylation is 1. The predicted molar refractivity (Wildman–Crippen MR) is 76.6 cm³/mol. The normalized spacial score (nSPS) is 15.1. The summed E-state index contributed by atoms with van der Waals surface area (Å²) in [5, 5.41) is 10.5. The van der Waals surface area contributed by atoms with Gasteiger partial charge in [0.25, 0.3) is 0 Å². The number of piperidine rings is 1. The second-order valence-electron chi connectivity index (χ2n) is 4.89. The van der Waals surface area contributed by atoms with Crippen LogP contribution < -0.4 is 11.1 Å². The zero-order valence-corrected chi connectivity index (χ0v) is 11.2. The lowest BCUT2D eigenvalue weighted by Crippen LogP contribution is -2.39. The zero-order chi connectivity index (χ0) is 13.8. The highest BCUT2D eigenvalue weighted by Gasteiger charge is 2.18. The minimum atomic E-state index is -0.104. The SMILES string of the molecule is Cc1cccc(NC(=O)N2CCCCC2)c1C(=N)N. The number of nitrogens with one attached hydrogen (secondary N) is 2. The van der Waals surface area contributed by atoms with E-state index >= 15 is 0 Å². The Kier molecular flexibility index (Phi) is 4.04. The number of nitrogen functional groups attached to an aromatic ring is 1. The summed E-state index contributed by atoms with van der Waals surface area (Å²) >= 11 is 0. The van der Waals surface area contributed by atoms with Crippen molar-refractivity contribution in [2.24, 2.45) is 5.73 Å². The molecule has 0 aliphatic carbocycles. The van der Waals surface area contributed by atoms with E-state index < -0.39 is 0 Å². The molecule has 1 aliphatic heterocycles. The Bertz CT molecular complexity index is 492. The minimum Gasteiger partial charge on any atom is -0.384 e. The summed E-state index contributed by atoms with van der Waals surface area (Å²) in [7, 11) is 0. The van der Waals surface area contributed by atoms with E-state index in [0.717, 1.165) is 31.5 Å². The third-order valence-corrected chi connectivity index (χ3v) is 3.43. The summed E-state index contributed by atoms with van der Waals surface area (Å²) in [6.07, 6.45) is 3.30. The maximum atomic E-state index is 12.2. The molecule has 0 unspecified atom stereocenters.